The number of carbonyl (C=O) groups is 1. The van der Waals surface area contributed by atoms with Crippen LogP contribution in [0, 0.1) is 6.08 Å². The summed E-state index contributed by atoms with van der Waals surface area (Å²) in [6, 6.07) is 0. The van der Waals surface area contributed by atoms with Gasteiger partial charge in [-0.1, -0.05) is 11.8 Å². The molecule has 0 saturated heterocycles. The Balaban J connectivity index is 2.25. The average Bonchev–Trinajstić information content (AvgIpc) is 2.51. The van der Waals surface area contributed by atoms with Gasteiger partial charge in [0.25, 0.3) is 0 Å². The molecule has 0 atom stereocenters. The number of thioether (sulfide) groups is 1. The van der Waals surface area contributed by atoms with E-state index in [1.165, 1.54) is 24.9 Å². The van der Waals surface area contributed by atoms with Crippen molar-refractivity contribution in [1.82, 2.24) is 20.2 Å². The zero-order valence-electron chi connectivity index (χ0n) is 7.80. The molecule has 0 unspecified atom stereocenters. The second kappa shape index (κ2) is 5.38. The first kappa shape index (κ1) is 10.7. The number of aryl methyl sites for hydroxylation is 1. The highest BCUT2D eigenvalue weighted by molar-refractivity contribution is 7.99. The van der Waals surface area contributed by atoms with Crippen LogP contribution >= 0.6 is 11.8 Å². The van der Waals surface area contributed by atoms with Crippen molar-refractivity contribution < 1.29 is 9.53 Å². The minimum atomic E-state index is -0.358. The predicted octanol–water partition coefficient (Wildman–Crippen LogP) is 0.182. The van der Waals surface area contributed by atoms with Crippen LogP contribution in [-0.2, 0) is 16.6 Å². The molecule has 0 amide bonds. The highest BCUT2D eigenvalue weighted by Gasteiger charge is 1.99. The lowest BCUT2D eigenvalue weighted by Gasteiger charge is -1.93. The standard InChI is InChI=1S/C7H9N4O2S/c1-6(12)13-4-3-5-14-7-8-9-10-11(7)2/h4H,5H2,1-2H3. The third-order valence-electron chi connectivity index (χ3n) is 1.17. The van der Waals surface area contributed by atoms with Crippen LogP contribution < -0.4 is 0 Å². The van der Waals surface area contributed by atoms with Crippen molar-refractivity contribution in [3.05, 3.63) is 12.3 Å². The molecule has 0 N–H and O–H groups in total. The number of hydrogen-bond acceptors (Lipinski definition) is 6. The van der Waals surface area contributed by atoms with E-state index in [1.807, 2.05) is 0 Å². The lowest BCUT2D eigenvalue weighted by atomic mass is 10.7. The quantitative estimate of drug-likeness (QED) is 0.404. The number of esters is 1. The van der Waals surface area contributed by atoms with Gasteiger partial charge in [-0.2, -0.15) is 0 Å². The molecule has 1 aromatic rings. The summed E-state index contributed by atoms with van der Waals surface area (Å²) in [4.78, 5) is 10.4. The second-order valence-electron chi connectivity index (χ2n) is 2.31. The Labute approximate surface area is 85.3 Å². The highest BCUT2D eigenvalue weighted by Crippen LogP contribution is 2.11. The van der Waals surface area contributed by atoms with Crippen LogP contribution in [0.2, 0.25) is 0 Å². The summed E-state index contributed by atoms with van der Waals surface area (Å²) in [6.45, 7) is 1.33. The number of ether oxygens (including phenoxy) is 1. The third kappa shape index (κ3) is 3.56. The molecule has 1 heterocycles. The first-order valence-corrected chi connectivity index (χ1v) is 4.76. The van der Waals surface area contributed by atoms with Crippen LogP contribution in [0.15, 0.2) is 11.4 Å². The first-order valence-electron chi connectivity index (χ1n) is 3.77. The Kier molecular flexibility index (Phi) is 4.11. The van der Waals surface area contributed by atoms with Crippen molar-refractivity contribution in [3.8, 4) is 0 Å². The number of aromatic nitrogens is 4. The maximum absolute atomic E-state index is 10.4. The molecule has 0 aliphatic rings. The average molecular weight is 213 g/mol. The normalized spacial score (nSPS) is 10.7. The Morgan fingerprint density at radius 1 is 1.79 bits per heavy atom. The fraction of sp³-hybridized carbons (Fsp3) is 0.429. The Hall–Kier alpha value is -1.37. The van der Waals surface area contributed by atoms with Crippen LogP contribution in [0.3, 0.4) is 0 Å². The first-order chi connectivity index (χ1) is 6.70. The van der Waals surface area contributed by atoms with Crippen LogP contribution in [0.1, 0.15) is 6.92 Å². The zero-order valence-corrected chi connectivity index (χ0v) is 8.61. The molecule has 14 heavy (non-hydrogen) atoms. The van der Waals surface area contributed by atoms with E-state index < -0.39 is 0 Å². The minimum absolute atomic E-state index is 0.358. The van der Waals surface area contributed by atoms with Gasteiger partial charge < -0.3 is 4.74 Å². The SMILES string of the molecule is CC(=O)O/C=[C]/CSc1nnnn1C. The molecule has 1 radical (unpaired) electrons. The van der Waals surface area contributed by atoms with Crippen LogP contribution in [-0.4, -0.2) is 31.9 Å². The molecule has 1 aromatic heterocycles. The van der Waals surface area contributed by atoms with E-state index in [0.717, 1.165) is 0 Å². The maximum Gasteiger partial charge on any atom is 0.307 e. The van der Waals surface area contributed by atoms with Crippen LogP contribution in [0.25, 0.3) is 0 Å². The van der Waals surface area contributed by atoms with Crippen molar-refractivity contribution in [2.24, 2.45) is 7.05 Å². The number of hydrogen-bond donors (Lipinski definition) is 0. The summed E-state index contributed by atoms with van der Waals surface area (Å²) in [5, 5.41) is 11.6. The molecule has 7 heteroatoms. The molecule has 6 nitrogen and oxygen atoms in total. The molecule has 75 valence electrons. The molecule has 0 fully saturated rings. The molecule has 0 aliphatic carbocycles. The summed E-state index contributed by atoms with van der Waals surface area (Å²) in [6.07, 6.45) is 4.00. The van der Waals surface area contributed by atoms with Gasteiger partial charge in [0.2, 0.25) is 5.16 Å². The molecule has 0 saturated carbocycles. The Bertz CT molecular complexity index is 336. The summed E-state index contributed by atoms with van der Waals surface area (Å²) in [5.41, 5.74) is 0. The van der Waals surface area contributed by atoms with E-state index in [2.05, 4.69) is 26.3 Å². The fourth-order valence-electron chi connectivity index (χ4n) is 0.608. The maximum atomic E-state index is 10.4. The molecule has 0 spiro atoms. The highest BCUT2D eigenvalue weighted by atomic mass is 32.2. The van der Waals surface area contributed by atoms with E-state index in [4.69, 9.17) is 0 Å². The minimum Gasteiger partial charge on any atom is -0.434 e. The lowest BCUT2D eigenvalue weighted by Crippen LogP contribution is -1.93. The van der Waals surface area contributed by atoms with Crippen molar-refractivity contribution >= 4 is 17.7 Å². The molecule has 0 aliphatic heterocycles. The van der Waals surface area contributed by atoms with E-state index in [1.54, 1.807) is 11.7 Å². The number of rotatable bonds is 4. The molecular formula is C7H9N4O2S. The van der Waals surface area contributed by atoms with E-state index in [0.29, 0.717) is 10.9 Å². The number of tetrazole rings is 1. The van der Waals surface area contributed by atoms with Gasteiger partial charge in [0.1, 0.15) is 0 Å². The third-order valence-corrected chi connectivity index (χ3v) is 2.09. The van der Waals surface area contributed by atoms with Gasteiger partial charge in [-0.05, 0) is 10.4 Å². The fourth-order valence-corrected chi connectivity index (χ4v) is 1.21. The second-order valence-corrected chi connectivity index (χ2v) is 3.25. The van der Waals surface area contributed by atoms with Gasteiger partial charge in [0.15, 0.2) is 0 Å². The number of carbonyl (C=O) groups excluding carboxylic acids is 1. The monoisotopic (exact) mass is 213 g/mol. The lowest BCUT2D eigenvalue weighted by molar-refractivity contribution is -0.135. The van der Waals surface area contributed by atoms with Gasteiger partial charge >= 0.3 is 5.97 Å². The summed E-state index contributed by atoms with van der Waals surface area (Å²) in [5.74, 6) is 0.171. The van der Waals surface area contributed by atoms with Crippen LogP contribution in [0.5, 0.6) is 0 Å². The van der Waals surface area contributed by atoms with E-state index in [9.17, 15) is 4.79 Å². The van der Waals surface area contributed by atoms with Gasteiger partial charge in [-0.25, -0.2) is 4.68 Å². The largest absolute Gasteiger partial charge is 0.434 e. The van der Waals surface area contributed by atoms with E-state index in [-0.39, 0.29) is 5.97 Å². The zero-order chi connectivity index (χ0) is 10.4. The topological polar surface area (TPSA) is 69.9 Å². The molecule has 1 rings (SSSR count). The summed E-state index contributed by atoms with van der Waals surface area (Å²) >= 11 is 1.40. The number of nitrogens with zero attached hydrogens (tertiary/aromatic N) is 4. The van der Waals surface area contributed by atoms with E-state index >= 15 is 0 Å². The van der Waals surface area contributed by atoms with Gasteiger partial charge in [0.05, 0.1) is 6.26 Å². The van der Waals surface area contributed by atoms with Crippen molar-refractivity contribution in [2.45, 2.75) is 12.1 Å². The Morgan fingerprint density at radius 2 is 2.57 bits per heavy atom. The van der Waals surface area contributed by atoms with Gasteiger partial charge in [-0.3, -0.25) is 4.79 Å². The van der Waals surface area contributed by atoms with Crippen molar-refractivity contribution in [3.63, 3.8) is 0 Å². The predicted molar refractivity (Wildman–Crippen MR) is 49.1 cm³/mol. The van der Waals surface area contributed by atoms with Gasteiger partial charge in [-0.15, -0.1) is 5.10 Å². The molecule has 0 aromatic carbocycles. The smallest absolute Gasteiger partial charge is 0.307 e. The summed E-state index contributed by atoms with van der Waals surface area (Å²) < 4.78 is 6.10. The van der Waals surface area contributed by atoms with Gasteiger partial charge in [0, 0.05) is 25.8 Å². The molecular weight excluding hydrogens is 204 g/mol. The Morgan fingerprint density at radius 3 is 3.14 bits per heavy atom. The van der Waals surface area contributed by atoms with Crippen LogP contribution in [0.4, 0.5) is 0 Å². The van der Waals surface area contributed by atoms with Crippen molar-refractivity contribution in [2.75, 3.05) is 5.75 Å². The summed E-state index contributed by atoms with van der Waals surface area (Å²) in [7, 11) is 1.75. The van der Waals surface area contributed by atoms with Crippen molar-refractivity contribution in [1.29, 1.82) is 0 Å². The molecule has 0 bridgehead atoms.